The molecule has 1 aliphatic heterocycles. The molecule has 1 nitrogen and oxygen atoms in total. The SMILES string of the molecule is [CH2]C1CCN(c2ccc(Cl)cc2)CC1. The van der Waals surface area contributed by atoms with E-state index in [1.54, 1.807) is 0 Å². The summed E-state index contributed by atoms with van der Waals surface area (Å²) < 4.78 is 0. The van der Waals surface area contributed by atoms with E-state index in [9.17, 15) is 0 Å². The number of halogens is 1. The van der Waals surface area contributed by atoms with Crippen LogP contribution in [0.4, 0.5) is 5.69 Å². The maximum atomic E-state index is 5.85. The van der Waals surface area contributed by atoms with E-state index in [-0.39, 0.29) is 0 Å². The Balaban J connectivity index is 2.05. The molecule has 0 atom stereocenters. The lowest BCUT2D eigenvalue weighted by Gasteiger charge is -2.32. The summed E-state index contributed by atoms with van der Waals surface area (Å²) in [7, 11) is 0. The average Bonchev–Trinajstić information content (AvgIpc) is 2.21. The minimum Gasteiger partial charge on any atom is -0.372 e. The molecule has 2 rings (SSSR count). The van der Waals surface area contributed by atoms with Crippen LogP contribution in [0, 0.1) is 12.8 Å². The smallest absolute Gasteiger partial charge is 0.0407 e. The highest BCUT2D eigenvalue weighted by molar-refractivity contribution is 6.30. The van der Waals surface area contributed by atoms with Gasteiger partial charge in [-0.3, -0.25) is 0 Å². The molecule has 1 radical (unpaired) electrons. The van der Waals surface area contributed by atoms with Gasteiger partial charge in [-0.1, -0.05) is 18.5 Å². The van der Waals surface area contributed by atoms with Crippen LogP contribution in [0.3, 0.4) is 0 Å². The quantitative estimate of drug-likeness (QED) is 0.684. The minimum atomic E-state index is 0.638. The summed E-state index contributed by atoms with van der Waals surface area (Å²) in [6.07, 6.45) is 2.39. The van der Waals surface area contributed by atoms with Crippen LogP contribution in [-0.4, -0.2) is 13.1 Å². The highest BCUT2D eigenvalue weighted by Crippen LogP contribution is 2.23. The molecule has 14 heavy (non-hydrogen) atoms. The number of piperidine rings is 1. The molecule has 2 heteroatoms. The molecular weight excluding hydrogens is 194 g/mol. The molecule has 1 aromatic carbocycles. The molecule has 0 N–H and O–H groups in total. The topological polar surface area (TPSA) is 3.24 Å². The molecule has 1 heterocycles. The molecule has 0 aromatic heterocycles. The highest BCUT2D eigenvalue weighted by Gasteiger charge is 2.15. The fraction of sp³-hybridized carbons (Fsp3) is 0.417. The van der Waals surface area contributed by atoms with Gasteiger partial charge >= 0.3 is 0 Å². The van der Waals surface area contributed by atoms with Gasteiger partial charge in [-0.25, -0.2) is 0 Å². The van der Waals surface area contributed by atoms with E-state index >= 15 is 0 Å². The number of rotatable bonds is 1. The van der Waals surface area contributed by atoms with Crippen molar-refractivity contribution in [2.45, 2.75) is 12.8 Å². The van der Waals surface area contributed by atoms with Gasteiger partial charge in [-0.2, -0.15) is 0 Å². The van der Waals surface area contributed by atoms with Crippen molar-refractivity contribution in [2.24, 2.45) is 5.92 Å². The summed E-state index contributed by atoms with van der Waals surface area (Å²) in [6.45, 7) is 6.33. The third kappa shape index (κ3) is 2.21. The van der Waals surface area contributed by atoms with Crippen molar-refractivity contribution in [2.75, 3.05) is 18.0 Å². The van der Waals surface area contributed by atoms with Crippen LogP contribution in [0.1, 0.15) is 12.8 Å². The van der Waals surface area contributed by atoms with Crippen molar-refractivity contribution < 1.29 is 0 Å². The first kappa shape index (κ1) is 9.85. The summed E-state index contributed by atoms with van der Waals surface area (Å²) in [5, 5.41) is 0.806. The standard InChI is InChI=1S/C12H15ClN/c1-10-6-8-14(9-7-10)12-4-2-11(13)3-5-12/h2-5,10H,1,6-9H2. The molecule has 0 aliphatic carbocycles. The lowest BCUT2D eigenvalue weighted by Crippen LogP contribution is -2.32. The largest absolute Gasteiger partial charge is 0.372 e. The zero-order chi connectivity index (χ0) is 9.97. The molecule has 1 aliphatic rings. The van der Waals surface area contributed by atoms with Crippen LogP contribution >= 0.6 is 11.6 Å². The van der Waals surface area contributed by atoms with E-state index in [0.717, 1.165) is 18.1 Å². The third-order valence-corrected chi connectivity index (χ3v) is 3.06. The Morgan fingerprint density at radius 2 is 1.71 bits per heavy atom. The van der Waals surface area contributed by atoms with Gasteiger partial charge < -0.3 is 4.90 Å². The predicted molar refractivity (Wildman–Crippen MR) is 61.7 cm³/mol. The van der Waals surface area contributed by atoms with Crippen LogP contribution in [0.2, 0.25) is 5.02 Å². The molecule has 0 bridgehead atoms. The monoisotopic (exact) mass is 208 g/mol. The van der Waals surface area contributed by atoms with Gasteiger partial charge in [0.2, 0.25) is 0 Å². The second-order valence-corrected chi connectivity index (χ2v) is 4.34. The van der Waals surface area contributed by atoms with E-state index < -0.39 is 0 Å². The first-order chi connectivity index (χ1) is 6.75. The summed E-state index contributed by atoms with van der Waals surface area (Å²) in [4.78, 5) is 2.40. The molecule has 1 aromatic rings. The molecule has 1 saturated heterocycles. The fourth-order valence-corrected chi connectivity index (χ4v) is 1.97. The Morgan fingerprint density at radius 1 is 1.14 bits per heavy atom. The normalized spacial score (nSPS) is 18.6. The molecular formula is C12H15ClN. The first-order valence-electron chi connectivity index (χ1n) is 5.09. The van der Waals surface area contributed by atoms with Gasteiger partial charge in [0.15, 0.2) is 0 Å². The van der Waals surface area contributed by atoms with Gasteiger partial charge in [0.1, 0.15) is 0 Å². The van der Waals surface area contributed by atoms with Gasteiger partial charge in [0, 0.05) is 23.8 Å². The number of nitrogens with zero attached hydrogens (tertiary/aromatic N) is 1. The number of anilines is 1. The summed E-state index contributed by atoms with van der Waals surface area (Å²) in [6, 6.07) is 8.08. The van der Waals surface area contributed by atoms with Crippen LogP contribution in [0.15, 0.2) is 24.3 Å². The molecule has 0 saturated carbocycles. The van der Waals surface area contributed by atoms with Gasteiger partial charge in [-0.05, 0) is 43.0 Å². The fourth-order valence-electron chi connectivity index (χ4n) is 1.84. The summed E-state index contributed by atoms with van der Waals surface area (Å²) in [5.41, 5.74) is 1.28. The summed E-state index contributed by atoms with van der Waals surface area (Å²) >= 11 is 5.85. The van der Waals surface area contributed by atoms with Crippen molar-refractivity contribution in [3.63, 3.8) is 0 Å². The molecule has 75 valence electrons. The average molecular weight is 209 g/mol. The Labute approximate surface area is 90.7 Å². The Bertz CT molecular complexity index is 286. The third-order valence-electron chi connectivity index (χ3n) is 2.81. The van der Waals surface area contributed by atoms with E-state index in [1.165, 1.54) is 18.5 Å². The second kappa shape index (κ2) is 4.22. The lowest BCUT2D eigenvalue weighted by atomic mass is 9.99. The zero-order valence-corrected chi connectivity index (χ0v) is 9.00. The molecule has 0 unspecified atom stereocenters. The Morgan fingerprint density at radius 3 is 2.29 bits per heavy atom. The van der Waals surface area contributed by atoms with E-state index in [4.69, 9.17) is 11.6 Å². The van der Waals surface area contributed by atoms with Gasteiger partial charge in [0.05, 0.1) is 0 Å². The van der Waals surface area contributed by atoms with Crippen molar-refractivity contribution in [1.82, 2.24) is 0 Å². The van der Waals surface area contributed by atoms with E-state index in [2.05, 4.69) is 24.0 Å². The number of hydrogen-bond acceptors (Lipinski definition) is 1. The van der Waals surface area contributed by atoms with Crippen LogP contribution in [0.5, 0.6) is 0 Å². The molecule has 1 fully saturated rings. The maximum Gasteiger partial charge on any atom is 0.0407 e. The number of benzene rings is 1. The first-order valence-corrected chi connectivity index (χ1v) is 5.47. The highest BCUT2D eigenvalue weighted by atomic mass is 35.5. The van der Waals surface area contributed by atoms with Crippen LogP contribution < -0.4 is 4.90 Å². The Hall–Kier alpha value is -0.690. The lowest BCUT2D eigenvalue weighted by molar-refractivity contribution is 0.476. The van der Waals surface area contributed by atoms with Crippen molar-refractivity contribution >= 4 is 17.3 Å². The van der Waals surface area contributed by atoms with Crippen LogP contribution in [0.25, 0.3) is 0 Å². The molecule has 0 amide bonds. The van der Waals surface area contributed by atoms with E-state index in [1.807, 2.05) is 12.1 Å². The zero-order valence-electron chi connectivity index (χ0n) is 8.25. The summed E-state index contributed by atoms with van der Waals surface area (Å²) in [5.74, 6) is 0.638. The van der Waals surface area contributed by atoms with Crippen molar-refractivity contribution in [3.8, 4) is 0 Å². The van der Waals surface area contributed by atoms with Crippen LogP contribution in [-0.2, 0) is 0 Å². The predicted octanol–water partition coefficient (Wildman–Crippen LogP) is 3.39. The maximum absolute atomic E-state index is 5.85. The van der Waals surface area contributed by atoms with Crippen molar-refractivity contribution in [1.29, 1.82) is 0 Å². The van der Waals surface area contributed by atoms with Gasteiger partial charge in [0.25, 0.3) is 0 Å². The van der Waals surface area contributed by atoms with Gasteiger partial charge in [-0.15, -0.1) is 0 Å². The van der Waals surface area contributed by atoms with Crippen molar-refractivity contribution in [3.05, 3.63) is 36.2 Å². The minimum absolute atomic E-state index is 0.638. The molecule has 0 spiro atoms. The number of hydrogen-bond donors (Lipinski definition) is 0. The second-order valence-electron chi connectivity index (χ2n) is 3.91. The Kier molecular flexibility index (Phi) is 2.97. The van der Waals surface area contributed by atoms with E-state index in [0.29, 0.717) is 5.92 Å².